The lowest BCUT2D eigenvalue weighted by molar-refractivity contribution is -0.395. The second-order valence-corrected chi connectivity index (χ2v) is 5.24. The molecule has 18 heavy (non-hydrogen) atoms. The number of likely N-dealkylation sites (tertiary alicyclic amines) is 1. The fourth-order valence-electron chi connectivity index (χ4n) is 2.67. The van der Waals surface area contributed by atoms with Gasteiger partial charge in [-0.25, -0.2) is 8.78 Å². The highest BCUT2D eigenvalue weighted by atomic mass is 19.3. The minimum absolute atomic E-state index is 0.294. The maximum absolute atomic E-state index is 13.9. The molecular weight excluding hydrogens is 234 g/mol. The van der Waals surface area contributed by atoms with E-state index in [2.05, 4.69) is 10.6 Å². The molecule has 2 atom stereocenters. The van der Waals surface area contributed by atoms with Gasteiger partial charge in [-0.2, -0.15) is 0 Å². The molecule has 0 aliphatic carbocycles. The summed E-state index contributed by atoms with van der Waals surface area (Å²) in [5, 5.41) is 0. The van der Waals surface area contributed by atoms with Crippen molar-refractivity contribution in [2.75, 3.05) is 19.6 Å². The molecule has 1 heterocycles. The summed E-state index contributed by atoms with van der Waals surface area (Å²) in [6, 6.07) is 10.0. The third-order valence-electron chi connectivity index (χ3n) is 3.81. The molecule has 3 N–H and O–H groups in total. The van der Waals surface area contributed by atoms with E-state index in [1.807, 2.05) is 30.3 Å². The van der Waals surface area contributed by atoms with Crippen LogP contribution in [0.1, 0.15) is 12.5 Å². The summed E-state index contributed by atoms with van der Waals surface area (Å²) in [5.74, 6) is -3.79. The van der Waals surface area contributed by atoms with Gasteiger partial charge in [0.05, 0.1) is 12.5 Å². The van der Waals surface area contributed by atoms with Crippen LogP contribution in [-0.4, -0.2) is 30.5 Å². The van der Waals surface area contributed by atoms with Crippen LogP contribution in [0.4, 0.5) is 8.78 Å². The fraction of sp³-hybridized carbons (Fsp3) is 0.571. The summed E-state index contributed by atoms with van der Waals surface area (Å²) in [6.45, 7) is 3.58. The number of nitrogens with zero attached hydrogens (tertiary/aromatic N) is 1. The Kier molecular flexibility index (Phi) is 3.97. The second kappa shape index (κ2) is 5.33. The molecule has 0 radical (unpaired) electrons. The molecule has 0 bridgehead atoms. The molecule has 1 fully saturated rings. The summed E-state index contributed by atoms with van der Waals surface area (Å²) in [7, 11) is 0. The van der Waals surface area contributed by atoms with Gasteiger partial charge in [0.15, 0.2) is 0 Å². The van der Waals surface area contributed by atoms with E-state index >= 15 is 0 Å². The van der Waals surface area contributed by atoms with Crippen molar-refractivity contribution in [2.24, 2.45) is 11.8 Å². The Hall–Kier alpha value is -1.00. The second-order valence-electron chi connectivity index (χ2n) is 5.24. The van der Waals surface area contributed by atoms with E-state index in [-0.39, 0.29) is 0 Å². The smallest absolute Gasteiger partial charge is 0.261 e. The number of benzene rings is 1. The van der Waals surface area contributed by atoms with Gasteiger partial charge >= 0.3 is 0 Å². The molecule has 2 rings (SSSR count). The fourth-order valence-corrected chi connectivity index (χ4v) is 2.67. The summed E-state index contributed by atoms with van der Waals surface area (Å²) < 4.78 is 27.8. The number of hydrogen-bond acceptors (Lipinski definition) is 1. The van der Waals surface area contributed by atoms with Gasteiger partial charge in [0, 0.05) is 25.6 Å². The normalized spacial score (nSPS) is 28.2. The van der Waals surface area contributed by atoms with Crippen LogP contribution in [-0.2, 0) is 6.54 Å². The minimum atomic E-state index is -2.57. The van der Waals surface area contributed by atoms with E-state index in [0.29, 0.717) is 19.6 Å². The molecule has 1 aromatic rings. The maximum atomic E-state index is 13.9. The number of halogens is 2. The molecule has 4 heteroatoms. The van der Waals surface area contributed by atoms with Crippen molar-refractivity contribution in [3.63, 3.8) is 0 Å². The van der Waals surface area contributed by atoms with Gasteiger partial charge in [-0.3, -0.25) is 4.90 Å². The van der Waals surface area contributed by atoms with Crippen molar-refractivity contribution in [1.29, 1.82) is 0 Å². The number of alkyl halides is 2. The van der Waals surface area contributed by atoms with Crippen LogP contribution in [0.2, 0.25) is 0 Å². The topological polar surface area (TPSA) is 30.9 Å². The van der Waals surface area contributed by atoms with Crippen molar-refractivity contribution in [3.8, 4) is 0 Å². The minimum Gasteiger partial charge on any atom is -0.357 e. The van der Waals surface area contributed by atoms with Crippen molar-refractivity contribution < 1.29 is 14.5 Å². The lowest BCUT2D eigenvalue weighted by atomic mass is 9.85. The zero-order valence-corrected chi connectivity index (χ0v) is 10.8. The van der Waals surface area contributed by atoms with Crippen LogP contribution >= 0.6 is 0 Å². The standard InChI is InChI=1S/C14H20F2N2/c1-11-8-18(9-12-5-3-2-4-6-12)10-13(7-17)14(11,15)16/h2-6,11,13H,7-10,17H2,1H3/p+1. The molecule has 1 saturated heterocycles. The van der Waals surface area contributed by atoms with Crippen molar-refractivity contribution in [2.45, 2.75) is 19.4 Å². The predicted molar refractivity (Wildman–Crippen MR) is 67.1 cm³/mol. The van der Waals surface area contributed by atoms with Crippen LogP contribution in [0.25, 0.3) is 0 Å². The molecule has 0 amide bonds. The molecule has 1 aliphatic rings. The van der Waals surface area contributed by atoms with Crippen LogP contribution in [0.5, 0.6) is 0 Å². The summed E-state index contributed by atoms with van der Waals surface area (Å²) >= 11 is 0. The largest absolute Gasteiger partial charge is 0.357 e. The lowest BCUT2D eigenvalue weighted by Gasteiger charge is -2.41. The van der Waals surface area contributed by atoms with E-state index in [1.54, 1.807) is 6.92 Å². The van der Waals surface area contributed by atoms with Gasteiger partial charge in [-0.05, 0) is 5.56 Å². The van der Waals surface area contributed by atoms with Crippen molar-refractivity contribution in [3.05, 3.63) is 35.9 Å². The lowest BCUT2D eigenvalue weighted by Crippen LogP contribution is -2.63. The highest BCUT2D eigenvalue weighted by Crippen LogP contribution is 2.37. The number of hydrogen-bond donors (Lipinski definition) is 1. The average Bonchev–Trinajstić information content (AvgIpc) is 2.35. The van der Waals surface area contributed by atoms with E-state index in [0.717, 1.165) is 6.54 Å². The Morgan fingerprint density at radius 3 is 2.56 bits per heavy atom. The van der Waals surface area contributed by atoms with Crippen molar-refractivity contribution in [1.82, 2.24) is 4.90 Å². The van der Waals surface area contributed by atoms with Gasteiger partial charge in [0.25, 0.3) is 5.92 Å². The number of piperidine rings is 1. The Bertz CT molecular complexity index is 381. The first kappa shape index (κ1) is 13.4. The van der Waals surface area contributed by atoms with Crippen LogP contribution in [0.15, 0.2) is 30.3 Å². The van der Waals surface area contributed by atoms with E-state index in [1.165, 1.54) is 5.56 Å². The molecule has 2 unspecified atom stereocenters. The van der Waals surface area contributed by atoms with Crippen molar-refractivity contribution >= 4 is 0 Å². The third-order valence-corrected chi connectivity index (χ3v) is 3.81. The molecule has 1 aliphatic heterocycles. The predicted octanol–water partition coefficient (Wildman–Crippen LogP) is 1.63. The molecule has 0 aromatic heterocycles. The first-order valence-electron chi connectivity index (χ1n) is 6.47. The maximum Gasteiger partial charge on any atom is 0.261 e. The highest BCUT2D eigenvalue weighted by Gasteiger charge is 2.49. The summed E-state index contributed by atoms with van der Waals surface area (Å²) in [4.78, 5) is 2.12. The highest BCUT2D eigenvalue weighted by molar-refractivity contribution is 5.14. The van der Waals surface area contributed by atoms with Gasteiger partial charge in [0.1, 0.15) is 0 Å². The van der Waals surface area contributed by atoms with Crippen LogP contribution < -0.4 is 5.73 Å². The first-order chi connectivity index (χ1) is 8.54. The number of quaternary nitrogens is 1. The van der Waals surface area contributed by atoms with Crippen LogP contribution in [0.3, 0.4) is 0 Å². The monoisotopic (exact) mass is 255 g/mol. The van der Waals surface area contributed by atoms with E-state index in [9.17, 15) is 8.78 Å². The third kappa shape index (κ3) is 2.70. The zero-order valence-electron chi connectivity index (χ0n) is 10.8. The molecule has 0 spiro atoms. The number of rotatable bonds is 3. The molecule has 1 aromatic carbocycles. The van der Waals surface area contributed by atoms with Gasteiger partial charge in [-0.1, -0.05) is 37.3 Å². The Morgan fingerprint density at radius 1 is 1.28 bits per heavy atom. The Labute approximate surface area is 107 Å². The van der Waals surface area contributed by atoms with Gasteiger partial charge in [-0.15, -0.1) is 0 Å². The molecule has 2 nitrogen and oxygen atoms in total. The van der Waals surface area contributed by atoms with Gasteiger partial charge in [0.2, 0.25) is 0 Å². The summed E-state index contributed by atoms with van der Waals surface area (Å²) in [6.07, 6.45) is 0. The van der Waals surface area contributed by atoms with E-state index in [4.69, 9.17) is 0 Å². The Balaban J connectivity index is 2.04. The average molecular weight is 255 g/mol. The van der Waals surface area contributed by atoms with E-state index < -0.39 is 17.8 Å². The quantitative estimate of drug-likeness (QED) is 0.874. The first-order valence-corrected chi connectivity index (χ1v) is 6.47. The zero-order chi connectivity index (χ0) is 13.2. The SMILES string of the molecule is CC1CN(Cc2ccccc2)CC(C[NH3+])C1(F)F. The molecular formula is C14H21F2N2+. The Morgan fingerprint density at radius 2 is 1.94 bits per heavy atom. The summed E-state index contributed by atoms with van der Waals surface area (Å²) in [5.41, 5.74) is 4.85. The van der Waals surface area contributed by atoms with Crippen LogP contribution in [0, 0.1) is 11.8 Å². The molecule has 0 saturated carbocycles. The molecule has 100 valence electrons. The van der Waals surface area contributed by atoms with Gasteiger partial charge < -0.3 is 5.73 Å².